The van der Waals surface area contributed by atoms with Crippen LogP contribution in [0.15, 0.2) is 54.6 Å². The van der Waals surface area contributed by atoms with Crippen molar-refractivity contribution in [3.63, 3.8) is 0 Å². The second kappa shape index (κ2) is 7.79. The van der Waals surface area contributed by atoms with Crippen LogP contribution in [0.25, 0.3) is 33.5 Å². The molecule has 152 valence electrons. The van der Waals surface area contributed by atoms with Crippen LogP contribution >= 0.6 is 0 Å². The van der Waals surface area contributed by atoms with Gasteiger partial charge in [-0.25, -0.2) is 4.98 Å². The third kappa shape index (κ3) is 3.28. The van der Waals surface area contributed by atoms with Gasteiger partial charge in [0.25, 0.3) is 5.91 Å². The summed E-state index contributed by atoms with van der Waals surface area (Å²) in [5, 5.41) is 2.69. The Morgan fingerprint density at radius 1 is 0.967 bits per heavy atom. The SMILES string of the molecule is CCn1c(-c2ccccc2-c2c(C)cc(C)cc2C)nc2cc(C(=O)NC)ccc21. The lowest BCUT2D eigenvalue weighted by atomic mass is 9.90. The zero-order chi connectivity index (χ0) is 21.4. The third-order valence-corrected chi connectivity index (χ3v) is 5.67. The molecule has 0 aliphatic carbocycles. The molecule has 0 aliphatic heterocycles. The zero-order valence-corrected chi connectivity index (χ0v) is 18.2. The van der Waals surface area contributed by atoms with Crippen LogP contribution in [0, 0.1) is 20.8 Å². The maximum atomic E-state index is 12.1. The van der Waals surface area contributed by atoms with E-state index in [-0.39, 0.29) is 5.91 Å². The highest BCUT2D eigenvalue weighted by Gasteiger charge is 2.18. The molecule has 4 nitrogen and oxygen atoms in total. The topological polar surface area (TPSA) is 46.9 Å². The first-order chi connectivity index (χ1) is 14.4. The molecule has 0 saturated carbocycles. The van der Waals surface area contributed by atoms with Crippen LogP contribution in [-0.2, 0) is 6.54 Å². The van der Waals surface area contributed by atoms with Crippen LogP contribution in [0.3, 0.4) is 0 Å². The lowest BCUT2D eigenvalue weighted by Gasteiger charge is -2.16. The number of aromatic nitrogens is 2. The molecule has 30 heavy (non-hydrogen) atoms. The molecule has 0 fully saturated rings. The molecular formula is C26H27N3O. The highest BCUT2D eigenvalue weighted by molar-refractivity contribution is 5.98. The number of aryl methyl sites for hydroxylation is 4. The first-order valence-corrected chi connectivity index (χ1v) is 10.3. The van der Waals surface area contributed by atoms with Crippen LogP contribution in [0.4, 0.5) is 0 Å². The van der Waals surface area contributed by atoms with Gasteiger partial charge < -0.3 is 9.88 Å². The summed E-state index contributed by atoms with van der Waals surface area (Å²) in [7, 11) is 1.64. The summed E-state index contributed by atoms with van der Waals surface area (Å²) in [6, 6.07) is 18.7. The number of benzene rings is 3. The van der Waals surface area contributed by atoms with Crippen LogP contribution in [0.2, 0.25) is 0 Å². The van der Waals surface area contributed by atoms with Gasteiger partial charge in [0.05, 0.1) is 11.0 Å². The van der Waals surface area contributed by atoms with Gasteiger partial charge in [-0.2, -0.15) is 0 Å². The highest BCUT2D eigenvalue weighted by Crippen LogP contribution is 2.37. The Labute approximate surface area is 177 Å². The quantitative estimate of drug-likeness (QED) is 0.482. The number of nitrogens with zero attached hydrogens (tertiary/aromatic N) is 2. The normalized spacial score (nSPS) is 11.1. The van der Waals surface area contributed by atoms with Gasteiger partial charge >= 0.3 is 0 Å². The summed E-state index contributed by atoms with van der Waals surface area (Å²) in [6.07, 6.45) is 0. The molecule has 4 rings (SSSR count). The second-order valence-corrected chi connectivity index (χ2v) is 7.78. The molecule has 1 heterocycles. The van der Waals surface area contributed by atoms with Crippen LogP contribution in [0.5, 0.6) is 0 Å². The molecule has 4 heteroatoms. The van der Waals surface area contributed by atoms with Crippen molar-refractivity contribution in [2.75, 3.05) is 7.05 Å². The molecule has 0 spiro atoms. The van der Waals surface area contributed by atoms with Gasteiger partial charge in [0, 0.05) is 24.7 Å². The Kier molecular flexibility index (Phi) is 5.17. The summed E-state index contributed by atoms with van der Waals surface area (Å²) in [5.41, 5.74) is 9.84. The maximum absolute atomic E-state index is 12.1. The summed E-state index contributed by atoms with van der Waals surface area (Å²) >= 11 is 0. The average Bonchev–Trinajstić information content (AvgIpc) is 3.10. The lowest BCUT2D eigenvalue weighted by molar-refractivity contribution is 0.0963. The first kappa shape index (κ1) is 19.9. The summed E-state index contributed by atoms with van der Waals surface area (Å²) < 4.78 is 2.22. The summed E-state index contributed by atoms with van der Waals surface area (Å²) in [4.78, 5) is 17.1. The second-order valence-electron chi connectivity index (χ2n) is 7.78. The molecule has 1 amide bonds. The molecule has 0 aliphatic rings. The van der Waals surface area contributed by atoms with Crippen molar-refractivity contribution in [3.8, 4) is 22.5 Å². The number of rotatable bonds is 4. The number of hydrogen-bond acceptors (Lipinski definition) is 2. The highest BCUT2D eigenvalue weighted by atomic mass is 16.1. The van der Waals surface area contributed by atoms with Gasteiger partial charge in [-0.15, -0.1) is 0 Å². The summed E-state index contributed by atoms with van der Waals surface area (Å²) in [5.74, 6) is 0.826. The van der Waals surface area contributed by atoms with E-state index in [0.717, 1.165) is 29.0 Å². The number of nitrogens with one attached hydrogen (secondary N) is 1. The van der Waals surface area contributed by atoms with Gasteiger partial charge in [0.15, 0.2) is 0 Å². The molecule has 0 unspecified atom stereocenters. The number of carbonyl (C=O) groups is 1. The van der Waals surface area contributed by atoms with Gasteiger partial charge in [-0.3, -0.25) is 4.79 Å². The van der Waals surface area contributed by atoms with E-state index in [9.17, 15) is 4.79 Å². The van der Waals surface area contributed by atoms with Crippen LogP contribution in [-0.4, -0.2) is 22.5 Å². The van der Waals surface area contributed by atoms with Gasteiger partial charge in [0.2, 0.25) is 0 Å². The lowest BCUT2D eigenvalue weighted by Crippen LogP contribution is -2.17. The van der Waals surface area contributed by atoms with E-state index in [1.54, 1.807) is 7.05 Å². The van der Waals surface area contributed by atoms with E-state index in [1.165, 1.54) is 27.8 Å². The number of imidazole rings is 1. The minimum Gasteiger partial charge on any atom is -0.355 e. The largest absolute Gasteiger partial charge is 0.355 e. The molecule has 0 bridgehead atoms. The maximum Gasteiger partial charge on any atom is 0.251 e. The zero-order valence-electron chi connectivity index (χ0n) is 18.2. The molecular weight excluding hydrogens is 370 g/mol. The molecule has 0 atom stereocenters. The molecule has 4 aromatic rings. The minimum atomic E-state index is -0.101. The summed E-state index contributed by atoms with van der Waals surface area (Å²) in [6.45, 7) is 9.40. The standard InChI is InChI=1S/C26H27N3O/c1-6-29-23-12-11-19(26(30)27-5)15-22(23)28-25(29)21-10-8-7-9-20(21)24-17(3)13-16(2)14-18(24)4/h7-15H,6H2,1-5H3,(H,27,30). The Morgan fingerprint density at radius 3 is 2.27 bits per heavy atom. The van der Waals surface area contributed by atoms with E-state index < -0.39 is 0 Å². The Morgan fingerprint density at radius 2 is 1.63 bits per heavy atom. The van der Waals surface area contributed by atoms with E-state index in [4.69, 9.17) is 4.98 Å². The van der Waals surface area contributed by atoms with Crippen molar-refractivity contribution in [2.45, 2.75) is 34.2 Å². The van der Waals surface area contributed by atoms with Crippen molar-refractivity contribution >= 4 is 16.9 Å². The average molecular weight is 398 g/mol. The smallest absolute Gasteiger partial charge is 0.251 e. The van der Waals surface area contributed by atoms with Gasteiger partial charge in [-0.1, -0.05) is 42.0 Å². The monoisotopic (exact) mass is 397 g/mol. The van der Waals surface area contributed by atoms with Gasteiger partial charge in [0.1, 0.15) is 5.82 Å². The Hall–Kier alpha value is -3.40. The van der Waals surface area contributed by atoms with E-state index >= 15 is 0 Å². The molecule has 0 saturated heterocycles. The van der Waals surface area contributed by atoms with E-state index in [2.05, 4.69) is 74.0 Å². The first-order valence-electron chi connectivity index (χ1n) is 10.3. The molecule has 0 radical (unpaired) electrons. The fourth-order valence-corrected chi connectivity index (χ4v) is 4.44. The number of hydrogen-bond donors (Lipinski definition) is 1. The van der Waals surface area contributed by atoms with Crippen molar-refractivity contribution in [1.29, 1.82) is 0 Å². The molecule has 3 aromatic carbocycles. The van der Waals surface area contributed by atoms with Crippen molar-refractivity contribution in [1.82, 2.24) is 14.9 Å². The van der Waals surface area contributed by atoms with Crippen molar-refractivity contribution in [3.05, 3.63) is 76.9 Å². The Balaban J connectivity index is 1.97. The molecule has 1 aromatic heterocycles. The van der Waals surface area contributed by atoms with Crippen molar-refractivity contribution in [2.24, 2.45) is 0 Å². The van der Waals surface area contributed by atoms with Gasteiger partial charge in [-0.05, 0) is 68.1 Å². The van der Waals surface area contributed by atoms with Crippen LogP contribution < -0.4 is 5.32 Å². The van der Waals surface area contributed by atoms with E-state index in [1.807, 2.05) is 18.2 Å². The predicted octanol–water partition coefficient (Wildman–Crippen LogP) is 5.68. The fraction of sp³-hybridized carbons (Fsp3) is 0.231. The van der Waals surface area contributed by atoms with E-state index in [0.29, 0.717) is 5.56 Å². The number of carbonyl (C=O) groups excluding carboxylic acids is 1. The Bertz CT molecular complexity index is 1240. The predicted molar refractivity (Wildman–Crippen MR) is 124 cm³/mol. The number of amides is 1. The third-order valence-electron chi connectivity index (χ3n) is 5.67. The van der Waals surface area contributed by atoms with Crippen molar-refractivity contribution < 1.29 is 4.79 Å². The number of fused-ring (bicyclic) bond motifs is 1. The minimum absolute atomic E-state index is 0.101. The fourth-order valence-electron chi connectivity index (χ4n) is 4.44. The van der Waals surface area contributed by atoms with Crippen LogP contribution in [0.1, 0.15) is 34.0 Å². The molecule has 1 N–H and O–H groups in total.